The number of guanidine groups is 1. The summed E-state index contributed by atoms with van der Waals surface area (Å²) in [6.45, 7) is 14.1. The highest BCUT2D eigenvalue weighted by molar-refractivity contribution is 14.0. The molecule has 0 aliphatic rings. The van der Waals surface area contributed by atoms with Crippen LogP contribution in [0.4, 0.5) is 0 Å². The summed E-state index contributed by atoms with van der Waals surface area (Å²) >= 11 is 0. The van der Waals surface area contributed by atoms with Crippen LogP contribution >= 0.6 is 24.0 Å². The van der Waals surface area contributed by atoms with E-state index in [9.17, 15) is 4.79 Å². The molecule has 0 radical (unpaired) electrons. The Morgan fingerprint density at radius 3 is 2.37 bits per heavy atom. The van der Waals surface area contributed by atoms with Gasteiger partial charge in [0.15, 0.2) is 12.6 Å². The SMILES string of the molecule is CCNC(=NCc1cccc(OCC(=O)N(C)C)c1)NCCN(C(C)C)C(C)C.I. The molecule has 0 heterocycles. The molecule has 1 aromatic rings. The summed E-state index contributed by atoms with van der Waals surface area (Å²) in [5, 5.41) is 6.71. The van der Waals surface area contributed by atoms with Gasteiger partial charge in [0.2, 0.25) is 0 Å². The van der Waals surface area contributed by atoms with Crippen LogP contribution in [0.3, 0.4) is 0 Å². The molecule has 2 N–H and O–H groups in total. The fraction of sp³-hybridized carbons (Fsp3) is 0.636. The van der Waals surface area contributed by atoms with Gasteiger partial charge < -0.3 is 20.3 Å². The number of carbonyl (C=O) groups is 1. The Hall–Kier alpha value is -1.55. The molecule has 1 amide bonds. The first kappa shape index (κ1) is 28.5. The second-order valence-electron chi connectivity index (χ2n) is 7.77. The van der Waals surface area contributed by atoms with Gasteiger partial charge in [-0.25, -0.2) is 4.99 Å². The zero-order valence-electron chi connectivity index (χ0n) is 19.6. The van der Waals surface area contributed by atoms with Crippen molar-refractivity contribution < 1.29 is 9.53 Å². The van der Waals surface area contributed by atoms with Crippen molar-refractivity contribution >= 4 is 35.8 Å². The predicted molar refractivity (Wildman–Crippen MR) is 136 cm³/mol. The maximum Gasteiger partial charge on any atom is 0.259 e. The van der Waals surface area contributed by atoms with Crippen LogP contribution in [-0.4, -0.2) is 74.1 Å². The number of nitrogens with zero attached hydrogens (tertiary/aromatic N) is 3. The molecule has 0 aliphatic heterocycles. The highest BCUT2D eigenvalue weighted by atomic mass is 127. The van der Waals surface area contributed by atoms with Crippen molar-refractivity contribution in [1.82, 2.24) is 20.4 Å². The molecule has 1 rings (SSSR count). The van der Waals surface area contributed by atoms with E-state index in [4.69, 9.17) is 4.74 Å². The van der Waals surface area contributed by atoms with Gasteiger partial charge in [-0.3, -0.25) is 9.69 Å². The molecule has 0 saturated heterocycles. The lowest BCUT2D eigenvalue weighted by Crippen LogP contribution is -2.45. The van der Waals surface area contributed by atoms with E-state index >= 15 is 0 Å². The first-order valence-corrected chi connectivity index (χ1v) is 10.4. The molecule has 0 fully saturated rings. The zero-order valence-corrected chi connectivity index (χ0v) is 21.9. The minimum absolute atomic E-state index is 0. The van der Waals surface area contributed by atoms with Crippen molar-refractivity contribution in [1.29, 1.82) is 0 Å². The monoisotopic (exact) mass is 533 g/mol. The van der Waals surface area contributed by atoms with E-state index in [1.54, 1.807) is 14.1 Å². The summed E-state index contributed by atoms with van der Waals surface area (Å²) in [6.07, 6.45) is 0. The predicted octanol–water partition coefficient (Wildman–Crippen LogP) is 2.95. The third-order valence-electron chi connectivity index (χ3n) is 4.51. The third kappa shape index (κ3) is 11.0. The van der Waals surface area contributed by atoms with Crippen LogP contribution in [0.1, 0.15) is 40.2 Å². The van der Waals surface area contributed by atoms with Crippen molar-refractivity contribution in [3.8, 4) is 5.75 Å². The summed E-state index contributed by atoms with van der Waals surface area (Å²) in [7, 11) is 3.43. The molecule has 1 aromatic carbocycles. The van der Waals surface area contributed by atoms with Crippen molar-refractivity contribution in [2.45, 2.75) is 53.2 Å². The number of carbonyl (C=O) groups excluding carboxylic acids is 1. The van der Waals surface area contributed by atoms with E-state index in [0.29, 0.717) is 24.4 Å². The summed E-state index contributed by atoms with van der Waals surface area (Å²) in [5.41, 5.74) is 1.03. The molecule has 8 heteroatoms. The largest absolute Gasteiger partial charge is 0.484 e. The summed E-state index contributed by atoms with van der Waals surface area (Å²) in [4.78, 5) is 20.3. The minimum atomic E-state index is -0.0658. The van der Waals surface area contributed by atoms with Gasteiger partial charge >= 0.3 is 0 Å². The second kappa shape index (κ2) is 15.3. The summed E-state index contributed by atoms with van der Waals surface area (Å²) < 4.78 is 5.58. The van der Waals surface area contributed by atoms with Crippen molar-refractivity contribution in [2.75, 3.05) is 40.3 Å². The van der Waals surface area contributed by atoms with Crippen LogP contribution in [0.2, 0.25) is 0 Å². The van der Waals surface area contributed by atoms with Gasteiger partial charge in [-0.05, 0) is 52.3 Å². The smallest absolute Gasteiger partial charge is 0.259 e. The maximum absolute atomic E-state index is 11.7. The number of ether oxygens (including phenoxy) is 1. The van der Waals surface area contributed by atoms with Crippen LogP contribution in [0.15, 0.2) is 29.3 Å². The maximum atomic E-state index is 11.7. The lowest BCUT2D eigenvalue weighted by atomic mass is 10.2. The number of hydrogen-bond donors (Lipinski definition) is 2. The second-order valence-corrected chi connectivity index (χ2v) is 7.77. The van der Waals surface area contributed by atoms with Gasteiger partial charge in [-0.2, -0.15) is 0 Å². The normalized spacial score (nSPS) is 11.5. The number of halogens is 1. The topological polar surface area (TPSA) is 69.2 Å². The Morgan fingerprint density at radius 1 is 1.13 bits per heavy atom. The summed E-state index contributed by atoms with van der Waals surface area (Å²) in [5.74, 6) is 1.41. The highest BCUT2D eigenvalue weighted by Crippen LogP contribution is 2.14. The molecule has 30 heavy (non-hydrogen) atoms. The Morgan fingerprint density at radius 2 is 1.80 bits per heavy atom. The van der Waals surface area contributed by atoms with E-state index < -0.39 is 0 Å². The van der Waals surface area contributed by atoms with Crippen molar-refractivity contribution in [3.63, 3.8) is 0 Å². The van der Waals surface area contributed by atoms with E-state index in [1.165, 1.54) is 4.90 Å². The Bertz CT molecular complexity index is 642. The number of hydrogen-bond acceptors (Lipinski definition) is 4. The van der Waals surface area contributed by atoms with E-state index in [0.717, 1.165) is 31.2 Å². The molecule has 0 bridgehead atoms. The van der Waals surface area contributed by atoms with E-state index in [2.05, 4.69) is 55.1 Å². The molecule has 0 atom stereocenters. The van der Waals surface area contributed by atoms with Crippen molar-refractivity contribution in [2.24, 2.45) is 4.99 Å². The Balaban J connectivity index is 0.00000841. The molecule has 0 spiro atoms. The molecule has 0 aliphatic carbocycles. The number of likely N-dealkylation sites (N-methyl/N-ethyl adjacent to an activating group) is 1. The minimum Gasteiger partial charge on any atom is -0.484 e. The summed E-state index contributed by atoms with van der Waals surface area (Å²) in [6, 6.07) is 8.73. The first-order chi connectivity index (χ1) is 13.7. The van der Waals surface area contributed by atoms with Crippen LogP contribution in [-0.2, 0) is 11.3 Å². The molecule has 0 aromatic heterocycles. The van der Waals surface area contributed by atoms with E-state index in [1.807, 2.05) is 24.3 Å². The quantitative estimate of drug-likeness (QED) is 0.260. The van der Waals surface area contributed by atoms with Gasteiger partial charge in [0.05, 0.1) is 6.54 Å². The number of nitrogens with one attached hydrogen (secondary N) is 2. The highest BCUT2D eigenvalue weighted by Gasteiger charge is 2.12. The van der Waals surface area contributed by atoms with Gasteiger partial charge in [0.1, 0.15) is 5.75 Å². The number of rotatable bonds is 11. The zero-order chi connectivity index (χ0) is 21.8. The van der Waals surface area contributed by atoms with Crippen molar-refractivity contribution in [3.05, 3.63) is 29.8 Å². The molecule has 0 saturated carbocycles. The average molecular weight is 533 g/mol. The Kier molecular flexibility index (Phi) is 14.5. The molecular weight excluding hydrogens is 493 g/mol. The lowest BCUT2D eigenvalue weighted by Gasteiger charge is -2.30. The molecule has 7 nitrogen and oxygen atoms in total. The molecule has 172 valence electrons. The fourth-order valence-corrected chi connectivity index (χ4v) is 2.94. The molecular formula is C22H40IN5O2. The van der Waals surface area contributed by atoms with Gasteiger partial charge in [-0.1, -0.05) is 12.1 Å². The molecule has 0 unspecified atom stereocenters. The fourth-order valence-electron chi connectivity index (χ4n) is 2.94. The first-order valence-electron chi connectivity index (χ1n) is 10.4. The third-order valence-corrected chi connectivity index (χ3v) is 4.51. The van der Waals surface area contributed by atoms with Gasteiger partial charge in [-0.15, -0.1) is 24.0 Å². The van der Waals surface area contributed by atoms with Gasteiger partial charge in [0, 0.05) is 45.8 Å². The number of aliphatic imine (C=N–C) groups is 1. The lowest BCUT2D eigenvalue weighted by molar-refractivity contribution is -0.130. The average Bonchev–Trinajstić information content (AvgIpc) is 2.66. The van der Waals surface area contributed by atoms with Gasteiger partial charge in [0.25, 0.3) is 5.91 Å². The standard InChI is InChI=1S/C22H39N5O2.HI/c1-8-23-22(24-12-13-27(17(2)3)18(4)5)25-15-19-10-9-11-20(14-19)29-16-21(28)26(6)7;/h9-11,14,17-18H,8,12-13,15-16H2,1-7H3,(H2,23,24,25);1H. The number of benzene rings is 1. The van der Waals surface area contributed by atoms with Crippen LogP contribution < -0.4 is 15.4 Å². The van der Waals surface area contributed by atoms with E-state index in [-0.39, 0.29) is 36.5 Å². The van der Waals surface area contributed by atoms with Crippen LogP contribution in [0, 0.1) is 0 Å². The van der Waals surface area contributed by atoms with Crippen LogP contribution in [0.5, 0.6) is 5.75 Å². The number of amides is 1. The van der Waals surface area contributed by atoms with Crippen LogP contribution in [0.25, 0.3) is 0 Å². The Labute approximate surface area is 199 Å².